The van der Waals surface area contributed by atoms with Gasteiger partial charge in [0.25, 0.3) is 0 Å². The fourth-order valence-electron chi connectivity index (χ4n) is 0.267. The lowest BCUT2D eigenvalue weighted by Gasteiger charge is -1.97. The van der Waals surface area contributed by atoms with Crippen LogP contribution in [0.5, 0.6) is 0 Å². The molecule has 0 radical (unpaired) electrons. The smallest absolute Gasteiger partial charge is 0.188 e. The Labute approximate surface area is 48.9 Å². The van der Waals surface area contributed by atoms with Gasteiger partial charge in [-0.2, -0.15) is 0 Å². The Hall–Kier alpha value is -0.860. The van der Waals surface area contributed by atoms with Gasteiger partial charge in [0.1, 0.15) is 0 Å². The second kappa shape index (κ2) is 3.18. The molecule has 0 aliphatic carbocycles. The fourth-order valence-corrected chi connectivity index (χ4v) is 0.267. The number of rotatable bonds is 0. The Balaban J connectivity index is 3.56. The molecular weight excluding hydrogens is 104 g/mol. The van der Waals surface area contributed by atoms with Crippen LogP contribution in [-0.4, -0.2) is 18.8 Å². The molecule has 0 saturated carbocycles. The number of hydrogen-bond acceptors (Lipinski definition) is 3. The molecule has 0 atom stereocenters. The van der Waals surface area contributed by atoms with Gasteiger partial charge >= 0.3 is 0 Å². The van der Waals surface area contributed by atoms with E-state index in [0.717, 1.165) is 0 Å². The third-order valence-corrected chi connectivity index (χ3v) is 0.616. The van der Waals surface area contributed by atoms with E-state index in [1.807, 2.05) is 0 Å². The van der Waals surface area contributed by atoms with Gasteiger partial charge in [-0.3, -0.25) is 10.4 Å². The Morgan fingerprint density at radius 2 is 2.00 bits per heavy atom. The summed E-state index contributed by atoms with van der Waals surface area (Å²) < 4.78 is 4.73. The molecule has 0 aromatic rings. The third-order valence-electron chi connectivity index (χ3n) is 0.616. The molecule has 3 heteroatoms. The van der Waals surface area contributed by atoms with Gasteiger partial charge in [0.2, 0.25) is 0 Å². The molecule has 0 bridgehead atoms. The van der Waals surface area contributed by atoms with Gasteiger partial charge < -0.3 is 4.74 Å². The summed E-state index contributed by atoms with van der Waals surface area (Å²) >= 11 is 0. The minimum atomic E-state index is 0.174. The van der Waals surface area contributed by atoms with Gasteiger partial charge in [-0.05, 0) is 0 Å². The van der Waals surface area contributed by atoms with E-state index in [2.05, 4.69) is 4.99 Å². The minimum absolute atomic E-state index is 0.174. The third kappa shape index (κ3) is 3.33. The van der Waals surface area contributed by atoms with Gasteiger partial charge in [0.05, 0.1) is 0 Å². The van der Waals surface area contributed by atoms with Gasteiger partial charge in [0.15, 0.2) is 11.8 Å². The Bertz CT molecular complexity index is 118. The van der Waals surface area contributed by atoms with Crippen molar-refractivity contribution in [2.24, 2.45) is 4.99 Å². The molecular formula is C5H10N2O. The molecule has 0 fully saturated rings. The predicted octanol–water partition coefficient (Wildman–Crippen LogP) is 1.05. The van der Waals surface area contributed by atoms with Crippen LogP contribution in [0.3, 0.4) is 0 Å². The van der Waals surface area contributed by atoms with Crippen LogP contribution in [0.2, 0.25) is 0 Å². The van der Waals surface area contributed by atoms with E-state index < -0.39 is 0 Å². The minimum Gasteiger partial charge on any atom is -0.430 e. The van der Waals surface area contributed by atoms with E-state index in [0.29, 0.717) is 5.90 Å². The first kappa shape index (κ1) is 7.14. The molecule has 46 valence electrons. The predicted molar refractivity (Wildman–Crippen MR) is 33.5 cm³/mol. The van der Waals surface area contributed by atoms with Crippen LogP contribution >= 0.6 is 0 Å². The highest BCUT2D eigenvalue weighted by Crippen LogP contribution is 1.79. The zero-order valence-electron chi connectivity index (χ0n) is 5.36. The van der Waals surface area contributed by atoms with Crippen molar-refractivity contribution in [3.63, 3.8) is 0 Å². The lowest BCUT2D eigenvalue weighted by Crippen LogP contribution is -2.03. The lowest BCUT2D eigenvalue weighted by atomic mass is 10.7. The summed E-state index contributed by atoms with van der Waals surface area (Å²) in [7, 11) is 1.62. The van der Waals surface area contributed by atoms with Crippen molar-refractivity contribution in [2.75, 3.05) is 7.05 Å². The van der Waals surface area contributed by atoms with E-state index in [1.165, 1.54) is 0 Å². The maximum atomic E-state index is 6.82. The summed E-state index contributed by atoms with van der Waals surface area (Å²) in [5, 5.41) is 6.82. The molecule has 0 aromatic heterocycles. The molecule has 3 nitrogen and oxygen atoms in total. The quantitative estimate of drug-likeness (QED) is 0.371. The van der Waals surface area contributed by atoms with Crippen molar-refractivity contribution in [2.45, 2.75) is 13.8 Å². The summed E-state index contributed by atoms with van der Waals surface area (Å²) in [4.78, 5) is 3.68. The molecule has 0 unspecified atom stereocenters. The molecule has 0 aromatic carbocycles. The van der Waals surface area contributed by atoms with Crippen molar-refractivity contribution >= 4 is 11.8 Å². The molecule has 0 aliphatic rings. The Morgan fingerprint density at radius 1 is 1.50 bits per heavy atom. The van der Waals surface area contributed by atoms with Crippen LogP contribution in [0.1, 0.15) is 13.8 Å². The van der Waals surface area contributed by atoms with Crippen molar-refractivity contribution in [1.82, 2.24) is 0 Å². The monoisotopic (exact) mass is 114 g/mol. The first-order valence-electron chi connectivity index (χ1n) is 2.33. The highest BCUT2D eigenvalue weighted by Gasteiger charge is 1.87. The van der Waals surface area contributed by atoms with Crippen LogP contribution in [-0.2, 0) is 4.74 Å². The van der Waals surface area contributed by atoms with Gasteiger partial charge in [-0.1, -0.05) is 0 Å². The zero-order valence-corrected chi connectivity index (χ0v) is 5.36. The maximum absolute atomic E-state index is 6.82. The van der Waals surface area contributed by atoms with Crippen LogP contribution in [0.25, 0.3) is 0 Å². The Morgan fingerprint density at radius 3 is 2.12 bits per heavy atom. The highest BCUT2D eigenvalue weighted by atomic mass is 16.5. The normalized spacial score (nSPS) is 11.1. The van der Waals surface area contributed by atoms with Crippen LogP contribution in [0, 0.1) is 5.41 Å². The molecule has 0 spiro atoms. The van der Waals surface area contributed by atoms with Crippen LogP contribution < -0.4 is 0 Å². The van der Waals surface area contributed by atoms with Crippen molar-refractivity contribution in [3.05, 3.63) is 0 Å². The number of ether oxygens (including phenoxy) is 1. The van der Waals surface area contributed by atoms with E-state index in [9.17, 15) is 0 Å². The lowest BCUT2D eigenvalue weighted by molar-refractivity contribution is 0.530. The topological polar surface area (TPSA) is 45.4 Å². The van der Waals surface area contributed by atoms with E-state index in [4.69, 9.17) is 10.1 Å². The van der Waals surface area contributed by atoms with E-state index in [1.54, 1.807) is 20.9 Å². The van der Waals surface area contributed by atoms with Crippen LogP contribution in [0.15, 0.2) is 4.99 Å². The molecule has 1 N–H and O–H groups in total. The van der Waals surface area contributed by atoms with E-state index >= 15 is 0 Å². The van der Waals surface area contributed by atoms with Gasteiger partial charge in [0, 0.05) is 20.9 Å². The fraction of sp³-hybridized carbons (Fsp3) is 0.600. The molecule has 0 heterocycles. The average Bonchev–Trinajstić information content (AvgIpc) is 1.65. The van der Waals surface area contributed by atoms with Gasteiger partial charge in [-0.25, -0.2) is 0 Å². The Kier molecular flexibility index (Phi) is 2.84. The highest BCUT2D eigenvalue weighted by molar-refractivity contribution is 5.87. The number of nitrogens with one attached hydrogen (secondary N) is 1. The van der Waals surface area contributed by atoms with Crippen molar-refractivity contribution in [1.29, 1.82) is 5.41 Å². The molecule has 0 amide bonds. The summed E-state index contributed by atoms with van der Waals surface area (Å²) in [5.74, 6) is 0.700. The number of hydrogen-bond donors (Lipinski definition) is 1. The molecule has 0 saturated heterocycles. The SMILES string of the molecule is CN=C(C)OC(C)=N. The number of nitrogens with zero attached hydrogens (tertiary/aromatic N) is 1. The second-order valence-corrected chi connectivity index (χ2v) is 1.40. The summed E-state index contributed by atoms with van der Waals surface area (Å²) in [6.07, 6.45) is 0. The largest absolute Gasteiger partial charge is 0.430 e. The first-order chi connectivity index (χ1) is 3.66. The average molecular weight is 114 g/mol. The molecule has 0 rings (SSSR count). The number of aliphatic imine (C=N–C) groups is 1. The van der Waals surface area contributed by atoms with Crippen molar-refractivity contribution < 1.29 is 4.74 Å². The summed E-state index contributed by atoms with van der Waals surface area (Å²) in [6, 6.07) is 0. The van der Waals surface area contributed by atoms with Crippen molar-refractivity contribution in [3.8, 4) is 0 Å². The second-order valence-electron chi connectivity index (χ2n) is 1.40. The van der Waals surface area contributed by atoms with Crippen LogP contribution in [0.4, 0.5) is 0 Å². The van der Waals surface area contributed by atoms with Gasteiger partial charge in [-0.15, -0.1) is 0 Å². The standard InChI is InChI=1S/C5H10N2O/c1-4(6)8-5(2)7-3/h6H,1-3H3. The maximum Gasteiger partial charge on any atom is 0.188 e. The molecule has 8 heavy (non-hydrogen) atoms. The summed E-state index contributed by atoms with van der Waals surface area (Å²) in [6.45, 7) is 3.27. The van der Waals surface area contributed by atoms with E-state index in [-0.39, 0.29) is 5.90 Å². The first-order valence-corrected chi connectivity index (χ1v) is 2.33. The zero-order chi connectivity index (χ0) is 6.57. The molecule has 0 aliphatic heterocycles. The summed E-state index contributed by atoms with van der Waals surface area (Å²) in [5.41, 5.74) is 0.